The molecule has 0 aromatic heterocycles. The SMILES string of the molecule is CCC1N(c2ccc3ccccc3c2)C(=O)c2ccccc2N1C(=O)N(CC(C)C)Nc1ccc(Cl)cc1. The van der Waals surface area contributed by atoms with E-state index in [1.165, 1.54) is 0 Å². The van der Waals surface area contributed by atoms with Crippen LogP contribution in [0.1, 0.15) is 37.6 Å². The maximum Gasteiger partial charge on any atom is 0.344 e. The molecule has 6 nitrogen and oxygen atoms in total. The minimum Gasteiger partial charge on any atom is -0.295 e. The van der Waals surface area contributed by atoms with Gasteiger partial charge in [-0.2, -0.15) is 0 Å². The Labute approximate surface area is 228 Å². The van der Waals surface area contributed by atoms with Crippen molar-refractivity contribution in [3.05, 3.63) is 102 Å². The molecule has 1 aliphatic rings. The first-order chi connectivity index (χ1) is 18.4. The van der Waals surface area contributed by atoms with Gasteiger partial charge in [0.15, 0.2) is 0 Å². The van der Waals surface area contributed by atoms with Crippen LogP contribution in [0.4, 0.5) is 21.9 Å². The number of fused-ring (bicyclic) bond motifs is 2. The summed E-state index contributed by atoms with van der Waals surface area (Å²) >= 11 is 6.08. The zero-order valence-electron chi connectivity index (χ0n) is 21.8. The third-order valence-electron chi connectivity index (χ3n) is 6.68. The molecule has 0 bridgehead atoms. The zero-order chi connectivity index (χ0) is 26.8. The van der Waals surface area contributed by atoms with Crippen LogP contribution in [0.3, 0.4) is 0 Å². The average molecular weight is 527 g/mol. The molecule has 0 radical (unpaired) electrons. The Hall–Kier alpha value is -4.03. The lowest BCUT2D eigenvalue weighted by atomic mass is 10.0. The maximum absolute atomic E-state index is 14.4. The smallest absolute Gasteiger partial charge is 0.295 e. The largest absolute Gasteiger partial charge is 0.344 e. The fourth-order valence-electron chi connectivity index (χ4n) is 4.96. The molecule has 38 heavy (non-hydrogen) atoms. The second-order valence-electron chi connectivity index (χ2n) is 9.89. The van der Waals surface area contributed by atoms with Crippen molar-refractivity contribution in [1.82, 2.24) is 5.01 Å². The molecule has 1 unspecified atom stereocenters. The molecule has 7 heteroatoms. The van der Waals surface area contributed by atoms with E-state index < -0.39 is 6.17 Å². The predicted molar refractivity (Wildman–Crippen MR) is 156 cm³/mol. The van der Waals surface area contributed by atoms with Gasteiger partial charge < -0.3 is 0 Å². The molecule has 0 saturated heterocycles. The molecular formula is C31H31ClN4O2. The van der Waals surface area contributed by atoms with Crippen LogP contribution in [0, 0.1) is 5.92 Å². The average Bonchev–Trinajstić information content (AvgIpc) is 2.93. The topological polar surface area (TPSA) is 55.9 Å². The third kappa shape index (κ3) is 4.92. The van der Waals surface area contributed by atoms with Crippen molar-refractivity contribution in [2.75, 3.05) is 21.8 Å². The molecule has 0 saturated carbocycles. The van der Waals surface area contributed by atoms with Crippen molar-refractivity contribution in [2.45, 2.75) is 33.4 Å². The Morgan fingerprint density at radius 1 is 0.947 bits per heavy atom. The Balaban J connectivity index is 1.59. The van der Waals surface area contributed by atoms with Crippen LogP contribution in [0.25, 0.3) is 10.8 Å². The number of hydrogen-bond donors (Lipinski definition) is 1. The van der Waals surface area contributed by atoms with Crippen molar-refractivity contribution < 1.29 is 9.59 Å². The summed E-state index contributed by atoms with van der Waals surface area (Å²) in [6.45, 7) is 6.60. The minimum atomic E-state index is -0.507. The monoisotopic (exact) mass is 526 g/mol. The number of halogens is 1. The highest BCUT2D eigenvalue weighted by Gasteiger charge is 2.42. The van der Waals surface area contributed by atoms with Gasteiger partial charge in [-0.05, 0) is 71.6 Å². The molecule has 5 rings (SSSR count). The number of rotatable bonds is 6. The fourth-order valence-corrected chi connectivity index (χ4v) is 5.09. The van der Waals surface area contributed by atoms with Crippen LogP contribution in [0.15, 0.2) is 91.0 Å². The molecule has 0 aliphatic carbocycles. The standard InChI is InChI=1S/C31H31ClN4O2/c1-4-29-35(26-18-13-22-9-5-6-10-23(22)19-26)30(37)27-11-7-8-12-28(27)36(29)31(38)34(20-21(2)3)33-25-16-14-24(32)15-17-25/h5-19,21,29,33H,4,20H2,1-3H3. The third-order valence-corrected chi connectivity index (χ3v) is 6.93. The number of benzene rings is 4. The number of hydrogen-bond acceptors (Lipinski definition) is 3. The Bertz CT molecular complexity index is 1470. The number of hydrazine groups is 1. The van der Waals surface area contributed by atoms with Gasteiger partial charge in [0, 0.05) is 17.3 Å². The lowest BCUT2D eigenvalue weighted by molar-refractivity contribution is 0.0968. The van der Waals surface area contributed by atoms with Crippen LogP contribution < -0.4 is 15.2 Å². The number of urea groups is 1. The summed E-state index contributed by atoms with van der Waals surface area (Å²) in [4.78, 5) is 31.8. The van der Waals surface area contributed by atoms with Crippen LogP contribution in [0.2, 0.25) is 5.02 Å². The number of amides is 3. The Morgan fingerprint density at radius 3 is 2.34 bits per heavy atom. The molecule has 4 aromatic rings. The summed E-state index contributed by atoms with van der Waals surface area (Å²) in [5.41, 5.74) is 5.90. The van der Waals surface area contributed by atoms with Gasteiger partial charge in [-0.3, -0.25) is 20.0 Å². The molecule has 4 aromatic carbocycles. The summed E-state index contributed by atoms with van der Waals surface area (Å²) < 4.78 is 0. The molecule has 3 amide bonds. The summed E-state index contributed by atoms with van der Waals surface area (Å²) in [6, 6.07) is 28.4. The van der Waals surface area contributed by atoms with E-state index >= 15 is 0 Å². The molecule has 1 N–H and O–H groups in total. The molecular weight excluding hydrogens is 496 g/mol. The number of carbonyl (C=O) groups is 2. The highest BCUT2D eigenvalue weighted by molar-refractivity contribution is 6.30. The predicted octanol–water partition coefficient (Wildman–Crippen LogP) is 7.80. The van der Waals surface area contributed by atoms with Crippen molar-refractivity contribution in [3.63, 3.8) is 0 Å². The van der Waals surface area contributed by atoms with Gasteiger partial charge in [-0.25, -0.2) is 9.80 Å². The first-order valence-electron chi connectivity index (χ1n) is 12.9. The summed E-state index contributed by atoms with van der Waals surface area (Å²) in [5.74, 6) is 0.0879. The van der Waals surface area contributed by atoms with Gasteiger partial charge in [0.1, 0.15) is 6.17 Å². The number of nitrogens with zero attached hydrogens (tertiary/aromatic N) is 3. The van der Waals surface area contributed by atoms with Crippen molar-refractivity contribution in [2.24, 2.45) is 5.92 Å². The van der Waals surface area contributed by atoms with Gasteiger partial charge in [0.05, 0.1) is 16.9 Å². The first kappa shape index (κ1) is 25.6. The molecule has 1 atom stereocenters. The van der Waals surface area contributed by atoms with Crippen molar-refractivity contribution in [1.29, 1.82) is 0 Å². The lowest BCUT2D eigenvalue weighted by Gasteiger charge is -2.45. The molecule has 0 fully saturated rings. The first-order valence-corrected chi connectivity index (χ1v) is 13.3. The van der Waals surface area contributed by atoms with Crippen molar-refractivity contribution >= 4 is 51.4 Å². The number of carbonyl (C=O) groups excluding carboxylic acids is 2. The minimum absolute atomic E-state index is 0.118. The number of nitrogens with one attached hydrogen (secondary N) is 1. The van der Waals surface area contributed by atoms with E-state index in [9.17, 15) is 9.59 Å². The van der Waals surface area contributed by atoms with Crippen molar-refractivity contribution in [3.8, 4) is 0 Å². The van der Waals surface area contributed by atoms with Gasteiger partial charge in [-0.15, -0.1) is 0 Å². The van der Waals surface area contributed by atoms with Gasteiger partial charge in [-0.1, -0.05) is 74.8 Å². The van der Waals surface area contributed by atoms with E-state index in [2.05, 4.69) is 19.3 Å². The van der Waals surface area contributed by atoms with E-state index in [1.54, 1.807) is 33.0 Å². The van der Waals surface area contributed by atoms with Crippen LogP contribution in [0.5, 0.6) is 0 Å². The van der Waals surface area contributed by atoms with E-state index in [0.29, 0.717) is 29.2 Å². The van der Waals surface area contributed by atoms with E-state index in [0.717, 1.165) is 22.1 Å². The maximum atomic E-state index is 14.4. The lowest BCUT2D eigenvalue weighted by Crippen LogP contribution is -2.61. The molecule has 1 heterocycles. The summed E-state index contributed by atoms with van der Waals surface area (Å²) in [7, 11) is 0. The number of anilines is 3. The van der Waals surface area contributed by atoms with Crippen LogP contribution in [-0.2, 0) is 0 Å². The van der Waals surface area contributed by atoms with Crippen LogP contribution >= 0.6 is 11.6 Å². The van der Waals surface area contributed by atoms with Gasteiger partial charge in [0.25, 0.3) is 5.91 Å². The van der Waals surface area contributed by atoms with E-state index in [-0.39, 0.29) is 17.9 Å². The molecule has 1 aliphatic heterocycles. The normalized spacial score (nSPS) is 15.1. The van der Waals surface area contributed by atoms with E-state index in [1.807, 2.05) is 79.7 Å². The van der Waals surface area contributed by atoms with Gasteiger partial charge in [0.2, 0.25) is 0 Å². The molecule has 0 spiro atoms. The second-order valence-corrected chi connectivity index (χ2v) is 10.3. The highest BCUT2D eigenvalue weighted by atomic mass is 35.5. The van der Waals surface area contributed by atoms with Crippen LogP contribution in [-0.4, -0.2) is 29.7 Å². The highest BCUT2D eigenvalue weighted by Crippen LogP contribution is 2.37. The fraction of sp³-hybridized carbons (Fsp3) is 0.226. The number of para-hydroxylation sites is 1. The summed E-state index contributed by atoms with van der Waals surface area (Å²) in [5, 5.41) is 4.38. The van der Waals surface area contributed by atoms with Gasteiger partial charge >= 0.3 is 6.03 Å². The summed E-state index contributed by atoms with van der Waals surface area (Å²) in [6.07, 6.45) is 0.0440. The molecule has 194 valence electrons. The quantitative estimate of drug-likeness (QED) is 0.261. The Morgan fingerprint density at radius 2 is 1.63 bits per heavy atom. The second kappa shape index (κ2) is 10.8. The Kier molecular flexibility index (Phi) is 7.25. The zero-order valence-corrected chi connectivity index (χ0v) is 22.5. The van der Waals surface area contributed by atoms with E-state index in [4.69, 9.17) is 11.6 Å².